The molecule has 1 aliphatic rings. The quantitative estimate of drug-likeness (QED) is 0.484. The number of nitrogens with one attached hydrogen (secondary N) is 3. The summed E-state index contributed by atoms with van der Waals surface area (Å²) < 4.78 is 29.4. The minimum Gasteiger partial charge on any atom is -0.328 e. The van der Waals surface area contributed by atoms with E-state index in [4.69, 9.17) is 0 Å². The van der Waals surface area contributed by atoms with Gasteiger partial charge < -0.3 is 20.5 Å². The Bertz CT molecular complexity index is 965. The van der Waals surface area contributed by atoms with Gasteiger partial charge >= 0.3 is 0 Å². The minimum atomic E-state index is -0.542. The number of hydrogen-bond donors (Lipinski definition) is 3. The lowest BCUT2D eigenvalue weighted by Gasteiger charge is -2.29. The van der Waals surface area contributed by atoms with E-state index in [9.17, 15) is 13.6 Å². The van der Waals surface area contributed by atoms with Crippen LogP contribution in [0.25, 0.3) is 0 Å². The summed E-state index contributed by atoms with van der Waals surface area (Å²) in [7, 11) is 0. The van der Waals surface area contributed by atoms with E-state index in [1.807, 2.05) is 10.8 Å². The molecule has 0 spiro atoms. The maximum absolute atomic E-state index is 14.1. The van der Waals surface area contributed by atoms with Crippen LogP contribution in [-0.2, 0) is 23.2 Å². The summed E-state index contributed by atoms with van der Waals surface area (Å²) in [6.07, 6.45) is 6.57. The van der Waals surface area contributed by atoms with Gasteiger partial charge in [-0.3, -0.25) is 4.79 Å². The van der Waals surface area contributed by atoms with Crippen LogP contribution in [0, 0.1) is 17.0 Å². The second kappa shape index (κ2) is 12.6. The lowest BCUT2D eigenvalue weighted by atomic mass is 9.88. The zero-order chi connectivity index (χ0) is 26.2. The van der Waals surface area contributed by atoms with Gasteiger partial charge in [0.1, 0.15) is 11.6 Å². The summed E-state index contributed by atoms with van der Waals surface area (Å²) >= 11 is 0. The molecule has 1 atom stereocenters. The number of benzene rings is 1. The summed E-state index contributed by atoms with van der Waals surface area (Å²) in [6.45, 7) is 16.8. The molecule has 0 radical (unpaired) electrons. The standard InChI is InChI=1S/C24H35F2N5O.C3H8/c1-23(2,3)13-27-14-24(4,5)31-12-21(29-15-31)30-22(32)11-28-18-7-6-16-8-17(25)9-20(26)19(16)10-18;1-3-2/h8-9,12,15,18,27-28H,6-7,10-11,13-14H2,1-5H3,(H,30,32);3H2,1-2H3. The van der Waals surface area contributed by atoms with Gasteiger partial charge in [-0.1, -0.05) is 41.0 Å². The van der Waals surface area contributed by atoms with Crippen LogP contribution in [0.3, 0.4) is 0 Å². The largest absolute Gasteiger partial charge is 0.328 e. The number of carbonyl (C=O) groups excluding carboxylic acids is 1. The summed E-state index contributed by atoms with van der Waals surface area (Å²) in [5, 5.41) is 9.49. The fraction of sp³-hybridized carbons (Fsp3) is 0.630. The van der Waals surface area contributed by atoms with Gasteiger partial charge in [0.25, 0.3) is 0 Å². The summed E-state index contributed by atoms with van der Waals surface area (Å²) in [5.74, 6) is -0.763. The number of imidazole rings is 1. The SMILES string of the molecule is CC(C)(C)CNCC(C)(C)n1cnc(NC(=O)CNC2CCc3cc(F)cc(F)c3C2)c1.CCC. The molecule has 0 saturated carbocycles. The highest BCUT2D eigenvalue weighted by Crippen LogP contribution is 2.25. The Morgan fingerprint density at radius 3 is 2.49 bits per heavy atom. The first-order chi connectivity index (χ1) is 16.3. The highest BCUT2D eigenvalue weighted by Gasteiger charge is 2.24. The number of amides is 1. The van der Waals surface area contributed by atoms with E-state index >= 15 is 0 Å². The fourth-order valence-electron chi connectivity index (χ4n) is 3.94. The Balaban J connectivity index is 0.00000137. The van der Waals surface area contributed by atoms with Crippen molar-refractivity contribution in [3.05, 3.63) is 47.4 Å². The highest BCUT2D eigenvalue weighted by molar-refractivity contribution is 5.91. The molecule has 1 aromatic carbocycles. The first-order valence-electron chi connectivity index (χ1n) is 12.6. The van der Waals surface area contributed by atoms with E-state index in [1.165, 1.54) is 12.5 Å². The van der Waals surface area contributed by atoms with Crippen molar-refractivity contribution in [2.24, 2.45) is 5.41 Å². The normalized spacial score (nSPS) is 15.7. The molecule has 2 aromatic rings. The van der Waals surface area contributed by atoms with Crippen LogP contribution < -0.4 is 16.0 Å². The number of carbonyl (C=O) groups is 1. The third-order valence-corrected chi connectivity index (χ3v) is 5.78. The second-order valence-electron chi connectivity index (χ2n) is 11.2. The van der Waals surface area contributed by atoms with Crippen molar-refractivity contribution in [3.63, 3.8) is 0 Å². The fourth-order valence-corrected chi connectivity index (χ4v) is 3.94. The number of aryl methyl sites for hydroxylation is 1. The molecule has 3 rings (SSSR count). The van der Waals surface area contributed by atoms with Gasteiger partial charge in [0.05, 0.1) is 18.4 Å². The van der Waals surface area contributed by atoms with Gasteiger partial charge in [-0.2, -0.15) is 0 Å². The van der Waals surface area contributed by atoms with Crippen molar-refractivity contribution in [1.82, 2.24) is 20.2 Å². The lowest BCUT2D eigenvalue weighted by molar-refractivity contribution is -0.115. The van der Waals surface area contributed by atoms with Crippen molar-refractivity contribution in [2.75, 3.05) is 25.0 Å². The van der Waals surface area contributed by atoms with Crippen molar-refractivity contribution in [1.29, 1.82) is 0 Å². The van der Waals surface area contributed by atoms with Crippen LogP contribution in [0.1, 0.15) is 72.4 Å². The van der Waals surface area contributed by atoms with Gasteiger partial charge in [0.2, 0.25) is 5.91 Å². The molecule has 196 valence electrons. The first-order valence-corrected chi connectivity index (χ1v) is 12.6. The number of fused-ring (bicyclic) bond motifs is 1. The van der Waals surface area contributed by atoms with E-state index in [2.05, 4.69) is 69.4 Å². The molecule has 1 amide bonds. The van der Waals surface area contributed by atoms with Gasteiger partial charge in [-0.15, -0.1) is 0 Å². The highest BCUT2D eigenvalue weighted by atomic mass is 19.1. The molecule has 1 heterocycles. The zero-order valence-corrected chi connectivity index (χ0v) is 22.4. The number of aromatic nitrogens is 2. The topological polar surface area (TPSA) is 71.0 Å². The molecule has 6 nitrogen and oxygen atoms in total. The molecule has 8 heteroatoms. The first kappa shape index (κ1) is 28.9. The number of halogens is 2. The molecule has 1 unspecified atom stereocenters. The van der Waals surface area contributed by atoms with Crippen molar-refractivity contribution >= 4 is 11.7 Å². The maximum atomic E-state index is 14.1. The Hall–Kier alpha value is -2.32. The number of hydrogen-bond acceptors (Lipinski definition) is 4. The molecule has 35 heavy (non-hydrogen) atoms. The van der Waals surface area contributed by atoms with Crippen LogP contribution >= 0.6 is 0 Å². The average molecular weight is 492 g/mol. The minimum absolute atomic E-state index is 0.0291. The molecule has 0 fully saturated rings. The summed E-state index contributed by atoms with van der Waals surface area (Å²) in [5.41, 5.74) is 1.27. The van der Waals surface area contributed by atoms with Crippen LogP contribution in [0.4, 0.5) is 14.6 Å². The molecule has 0 saturated heterocycles. The third-order valence-electron chi connectivity index (χ3n) is 5.78. The third kappa shape index (κ3) is 9.33. The molecule has 0 aliphatic heterocycles. The predicted octanol–water partition coefficient (Wildman–Crippen LogP) is 5.03. The second-order valence-corrected chi connectivity index (χ2v) is 11.2. The number of nitrogens with zero attached hydrogens (tertiary/aromatic N) is 2. The summed E-state index contributed by atoms with van der Waals surface area (Å²) in [4.78, 5) is 16.7. The molecule has 0 bridgehead atoms. The maximum Gasteiger partial charge on any atom is 0.239 e. The Kier molecular flexibility index (Phi) is 10.4. The van der Waals surface area contributed by atoms with E-state index < -0.39 is 11.6 Å². The van der Waals surface area contributed by atoms with Crippen LogP contribution in [0.5, 0.6) is 0 Å². The van der Waals surface area contributed by atoms with Crippen LogP contribution in [-0.4, -0.2) is 41.1 Å². The monoisotopic (exact) mass is 491 g/mol. The van der Waals surface area contributed by atoms with Crippen LogP contribution in [0.15, 0.2) is 24.7 Å². The number of anilines is 1. The number of rotatable bonds is 8. The molecule has 1 aliphatic carbocycles. The zero-order valence-electron chi connectivity index (χ0n) is 22.4. The Morgan fingerprint density at radius 2 is 1.83 bits per heavy atom. The molecular formula is C27H43F2N5O. The van der Waals surface area contributed by atoms with Gasteiger partial charge in [0, 0.05) is 31.4 Å². The van der Waals surface area contributed by atoms with Gasteiger partial charge in [-0.25, -0.2) is 13.8 Å². The average Bonchev–Trinajstić information content (AvgIpc) is 3.21. The van der Waals surface area contributed by atoms with Crippen molar-refractivity contribution in [2.45, 2.75) is 85.7 Å². The Morgan fingerprint density at radius 1 is 1.14 bits per heavy atom. The predicted molar refractivity (Wildman–Crippen MR) is 139 cm³/mol. The van der Waals surface area contributed by atoms with Crippen molar-refractivity contribution < 1.29 is 13.6 Å². The van der Waals surface area contributed by atoms with E-state index in [1.54, 1.807) is 6.33 Å². The van der Waals surface area contributed by atoms with Crippen LogP contribution in [0.2, 0.25) is 0 Å². The van der Waals surface area contributed by atoms with E-state index in [0.29, 0.717) is 24.2 Å². The van der Waals surface area contributed by atoms with E-state index in [-0.39, 0.29) is 29.4 Å². The van der Waals surface area contributed by atoms with E-state index in [0.717, 1.165) is 31.1 Å². The Labute approximate surface area is 209 Å². The van der Waals surface area contributed by atoms with Crippen molar-refractivity contribution in [3.8, 4) is 0 Å². The van der Waals surface area contributed by atoms with Gasteiger partial charge in [0.15, 0.2) is 5.82 Å². The van der Waals surface area contributed by atoms with Gasteiger partial charge in [-0.05, 0) is 55.7 Å². The molecule has 3 N–H and O–H groups in total. The lowest BCUT2D eigenvalue weighted by Crippen LogP contribution is -2.40. The smallest absolute Gasteiger partial charge is 0.239 e. The molecular weight excluding hydrogens is 448 g/mol. The molecule has 1 aromatic heterocycles. The summed E-state index contributed by atoms with van der Waals surface area (Å²) in [6, 6.07) is 2.29.